The van der Waals surface area contributed by atoms with Crippen molar-refractivity contribution in [1.29, 1.82) is 0 Å². The average molecular weight is 511 g/mol. The van der Waals surface area contributed by atoms with Crippen LogP contribution in [0.2, 0.25) is 5.02 Å². The van der Waals surface area contributed by atoms with E-state index in [1.807, 2.05) is 65.3 Å². The number of carbonyl (C=O) groups excluding carboxylic acids is 2. The molecule has 0 N–H and O–H groups in total. The number of hydrogen-bond acceptors (Lipinski definition) is 3. The number of piperidine rings is 2. The fourth-order valence-corrected chi connectivity index (χ4v) is 5.80. The summed E-state index contributed by atoms with van der Waals surface area (Å²) in [6, 6.07) is 15.7. The Morgan fingerprint density at radius 1 is 1.00 bits per heavy atom. The first-order valence-corrected chi connectivity index (χ1v) is 13.8. The van der Waals surface area contributed by atoms with Crippen LogP contribution in [0.4, 0.5) is 0 Å². The summed E-state index contributed by atoms with van der Waals surface area (Å²) < 4.78 is 6.31. The van der Waals surface area contributed by atoms with Crippen LogP contribution < -0.4 is 4.74 Å². The van der Waals surface area contributed by atoms with Gasteiger partial charge in [-0.3, -0.25) is 9.59 Å². The number of halogens is 1. The van der Waals surface area contributed by atoms with Crippen LogP contribution in [0.1, 0.15) is 68.9 Å². The molecule has 0 saturated carbocycles. The minimum absolute atomic E-state index is 0.153. The Kier molecular flexibility index (Phi) is 8.95. The van der Waals surface area contributed by atoms with Crippen LogP contribution in [-0.2, 0) is 9.59 Å². The van der Waals surface area contributed by atoms with Crippen LogP contribution in [0.5, 0.6) is 5.75 Å². The Morgan fingerprint density at radius 2 is 1.72 bits per heavy atom. The SMILES string of the molecule is CC[C@@H](C(=O)N1CCC[C@@](COc2ccc(Cl)c(C)c2)(CC(=O)N2CCCCC2)C1)c1ccccc1. The number of aryl methyl sites for hydroxylation is 1. The number of benzene rings is 2. The molecule has 2 aliphatic rings. The third-order valence-corrected chi connectivity index (χ3v) is 8.21. The molecule has 0 aromatic heterocycles. The second-order valence-electron chi connectivity index (χ2n) is 10.6. The largest absolute Gasteiger partial charge is 0.493 e. The van der Waals surface area contributed by atoms with Crippen molar-refractivity contribution in [2.24, 2.45) is 5.41 Å². The van der Waals surface area contributed by atoms with Crippen molar-refractivity contribution in [2.75, 3.05) is 32.8 Å². The fourth-order valence-electron chi connectivity index (χ4n) is 5.69. The van der Waals surface area contributed by atoms with Gasteiger partial charge >= 0.3 is 0 Å². The summed E-state index contributed by atoms with van der Waals surface area (Å²) in [6.07, 6.45) is 6.22. The molecule has 5 nitrogen and oxygen atoms in total. The lowest BCUT2D eigenvalue weighted by atomic mass is 9.76. The summed E-state index contributed by atoms with van der Waals surface area (Å²) in [5.74, 6) is 0.927. The lowest BCUT2D eigenvalue weighted by molar-refractivity contribution is -0.143. The average Bonchev–Trinajstić information content (AvgIpc) is 2.91. The molecule has 0 radical (unpaired) electrons. The lowest BCUT2D eigenvalue weighted by Crippen LogP contribution is -2.52. The molecule has 2 amide bonds. The summed E-state index contributed by atoms with van der Waals surface area (Å²) in [4.78, 5) is 31.2. The smallest absolute Gasteiger partial charge is 0.230 e. The Morgan fingerprint density at radius 3 is 2.42 bits per heavy atom. The quantitative estimate of drug-likeness (QED) is 0.423. The second-order valence-corrected chi connectivity index (χ2v) is 11.0. The molecule has 2 saturated heterocycles. The van der Waals surface area contributed by atoms with Gasteiger partial charge < -0.3 is 14.5 Å². The van der Waals surface area contributed by atoms with Crippen molar-refractivity contribution < 1.29 is 14.3 Å². The molecule has 0 unspecified atom stereocenters. The van der Waals surface area contributed by atoms with Crippen molar-refractivity contribution in [3.05, 3.63) is 64.7 Å². The lowest BCUT2D eigenvalue weighted by Gasteiger charge is -2.44. The molecule has 2 fully saturated rings. The molecule has 0 bridgehead atoms. The highest BCUT2D eigenvalue weighted by molar-refractivity contribution is 6.31. The highest BCUT2D eigenvalue weighted by atomic mass is 35.5. The molecule has 4 rings (SSSR count). The molecule has 2 aromatic carbocycles. The third kappa shape index (κ3) is 6.42. The highest BCUT2D eigenvalue weighted by Gasteiger charge is 2.42. The molecular formula is C30H39ClN2O3. The molecule has 194 valence electrons. The summed E-state index contributed by atoms with van der Waals surface area (Å²) in [5, 5.41) is 0.707. The summed E-state index contributed by atoms with van der Waals surface area (Å²) in [6.45, 7) is 7.36. The van der Waals surface area contributed by atoms with E-state index in [-0.39, 0.29) is 17.7 Å². The van der Waals surface area contributed by atoms with Gasteiger partial charge in [0.1, 0.15) is 5.75 Å². The maximum Gasteiger partial charge on any atom is 0.230 e. The van der Waals surface area contributed by atoms with Crippen LogP contribution in [-0.4, -0.2) is 54.4 Å². The predicted octanol–water partition coefficient (Wildman–Crippen LogP) is 6.23. The van der Waals surface area contributed by atoms with Crippen molar-refractivity contribution >= 4 is 23.4 Å². The van der Waals surface area contributed by atoms with Crippen LogP contribution in [0, 0.1) is 12.3 Å². The van der Waals surface area contributed by atoms with Gasteiger partial charge in [0.2, 0.25) is 11.8 Å². The minimum atomic E-state index is -0.412. The van der Waals surface area contributed by atoms with Gasteiger partial charge in [0.05, 0.1) is 12.5 Å². The molecule has 2 atom stereocenters. The van der Waals surface area contributed by atoms with E-state index in [0.29, 0.717) is 24.6 Å². The van der Waals surface area contributed by atoms with Crippen LogP contribution in [0.25, 0.3) is 0 Å². The molecule has 2 aliphatic heterocycles. The minimum Gasteiger partial charge on any atom is -0.493 e. The molecular weight excluding hydrogens is 472 g/mol. The first kappa shape index (κ1) is 26.5. The van der Waals surface area contributed by atoms with Gasteiger partial charge in [-0.1, -0.05) is 48.9 Å². The Labute approximate surface area is 220 Å². The number of ether oxygens (including phenoxy) is 1. The van der Waals surface area contributed by atoms with Gasteiger partial charge in [-0.05, 0) is 74.8 Å². The zero-order valence-electron chi connectivity index (χ0n) is 21.7. The Hall–Kier alpha value is -2.53. The zero-order valence-corrected chi connectivity index (χ0v) is 22.4. The van der Waals surface area contributed by atoms with Crippen LogP contribution in [0.15, 0.2) is 48.5 Å². The van der Waals surface area contributed by atoms with Gasteiger partial charge in [0.25, 0.3) is 0 Å². The number of nitrogens with zero attached hydrogens (tertiary/aromatic N) is 2. The number of likely N-dealkylation sites (tertiary alicyclic amines) is 2. The van der Waals surface area contributed by atoms with E-state index in [1.54, 1.807) is 0 Å². The van der Waals surface area contributed by atoms with Crippen molar-refractivity contribution in [2.45, 2.75) is 64.7 Å². The maximum absolute atomic E-state index is 13.7. The molecule has 0 aliphatic carbocycles. The van der Waals surface area contributed by atoms with Gasteiger partial charge in [0.15, 0.2) is 0 Å². The van der Waals surface area contributed by atoms with E-state index in [0.717, 1.165) is 68.6 Å². The van der Waals surface area contributed by atoms with E-state index in [9.17, 15) is 9.59 Å². The van der Waals surface area contributed by atoms with Crippen LogP contribution >= 0.6 is 11.6 Å². The van der Waals surface area contributed by atoms with E-state index in [4.69, 9.17) is 16.3 Å². The van der Waals surface area contributed by atoms with E-state index in [1.165, 1.54) is 6.42 Å². The predicted molar refractivity (Wildman–Crippen MR) is 144 cm³/mol. The molecule has 6 heteroatoms. The highest BCUT2D eigenvalue weighted by Crippen LogP contribution is 2.37. The number of amides is 2. The summed E-state index contributed by atoms with van der Waals surface area (Å²) >= 11 is 6.21. The van der Waals surface area contributed by atoms with E-state index < -0.39 is 5.41 Å². The van der Waals surface area contributed by atoms with E-state index in [2.05, 4.69) is 6.92 Å². The van der Waals surface area contributed by atoms with Crippen molar-refractivity contribution in [1.82, 2.24) is 9.80 Å². The molecule has 2 heterocycles. The van der Waals surface area contributed by atoms with Gasteiger partial charge in [0, 0.05) is 43.0 Å². The van der Waals surface area contributed by atoms with Crippen LogP contribution in [0.3, 0.4) is 0 Å². The standard InChI is InChI=1S/C30H39ClN2O3/c1-3-26(24-11-6-4-7-12-24)29(35)33-18-10-15-30(21-33,20-28(34)32-16-8-5-9-17-32)22-36-25-13-14-27(31)23(2)19-25/h4,6-7,11-14,19,26H,3,5,8-10,15-18,20-22H2,1-2H3/t26-,30-/m1/s1. The second kappa shape index (κ2) is 12.1. The monoisotopic (exact) mass is 510 g/mol. The maximum atomic E-state index is 13.7. The zero-order chi connectivity index (χ0) is 25.5. The third-order valence-electron chi connectivity index (χ3n) is 7.79. The molecule has 36 heavy (non-hydrogen) atoms. The van der Waals surface area contributed by atoms with Gasteiger partial charge in [-0.2, -0.15) is 0 Å². The van der Waals surface area contributed by atoms with Crippen molar-refractivity contribution in [3.8, 4) is 5.75 Å². The first-order chi connectivity index (χ1) is 17.4. The summed E-state index contributed by atoms with van der Waals surface area (Å²) in [5.41, 5.74) is 1.60. The Balaban J connectivity index is 1.54. The van der Waals surface area contributed by atoms with E-state index >= 15 is 0 Å². The summed E-state index contributed by atoms with van der Waals surface area (Å²) in [7, 11) is 0. The normalized spacial score (nSPS) is 21.2. The Bertz CT molecular complexity index is 1040. The fraction of sp³-hybridized carbons (Fsp3) is 0.533. The molecule has 2 aromatic rings. The molecule has 0 spiro atoms. The topological polar surface area (TPSA) is 49.9 Å². The van der Waals surface area contributed by atoms with Gasteiger partial charge in [-0.25, -0.2) is 0 Å². The first-order valence-electron chi connectivity index (χ1n) is 13.4. The number of rotatable bonds is 8. The number of carbonyl (C=O) groups is 2. The van der Waals surface area contributed by atoms with Gasteiger partial charge in [-0.15, -0.1) is 0 Å². The number of hydrogen-bond donors (Lipinski definition) is 0. The van der Waals surface area contributed by atoms with Crippen molar-refractivity contribution in [3.63, 3.8) is 0 Å².